The molecule has 2 aromatic carbocycles. The molecular weight excluding hydrogens is 437 g/mol. The molecule has 7 heteroatoms. The van der Waals surface area contributed by atoms with Gasteiger partial charge in [0.2, 0.25) is 0 Å². The van der Waals surface area contributed by atoms with Crippen LogP contribution >= 0.6 is 0 Å². The fraction of sp³-hybridized carbons (Fsp3) is 0.296. The number of Topliss-reactive ketones (excluding diaryl/α,β-unsaturated/α-hetero) is 2. The first-order valence-corrected chi connectivity index (χ1v) is 11.3. The third-order valence-corrected chi connectivity index (χ3v) is 6.39. The molecule has 5 rings (SSSR count). The number of ketones is 2. The molecule has 1 atom stereocenters. The predicted molar refractivity (Wildman–Crippen MR) is 123 cm³/mol. The average Bonchev–Trinajstić information content (AvgIpc) is 3.42. The van der Waals surface area contributed by atoms with Gasteiger partial charge in [-0.3, -0.25) is 14.4 Å². The number of carbonyl (C=O) groups excluding carboxylic acids is 3. The Hall–Kier alpha value is -3.74. The fourth-order valence-electron chi connectivity index (χ4n) is 4.75. The van der Waals surface area contributed by atoms with Gasteiger partial charge in [-0.05, 0) is 55.7 Å². The molecule has 0 saturated carbocycles. The highest BCUT2D eigenvalue weighted by atomic mass is 19.1. The smallest absolute Gasteiger partial charge is 0.255 e. The molecule has 1 aliphatic carbocycles. The van der Waals surface area contributed by atoms with Crippen LogP contribution in [0.15, 0.2) is 41.0 Å². The van der Waals surface area contributed by atoms with E-state index in [4.69, 9.17) is 9.15 Å². The van der Waals surface area contributed by atoms with Crippen molar-refractivity contribution in [3.8, 4) is 16.9 Å². The number of hydrogen-bond donors (Lipinski definition) is 1. The highest BCUT2D eigenvalue weighted by molar-refractivity contribution is 6.09. The monoisotopic (exact) mass is 461 g/mol. The number of ether oxygens (including phenoxy) is 1. The van der Waals surface area contributed by atoms with Gasteiger partial charge in [-0.1, -0.05) is 6.07 Å². The summed E-state index contributed by atoms with van der Waals surface area (Å²) >= 11 is 0. The van der Waals surface area contributed by atoms with E-state index in [-0.39, 0.29) is 35.7 Å². The number of halogens is 1. The third-order valence-electron chi connectivity index (χ3n) is 6.39. The molecule has 174 valence electrons. The topological polar surface area (TPSA) is 85.6 Å². The van der Waals surface area contributed by atoms with Crippen molar-refractivity contribution in [3.05, 3.63) is 76.0 Å². The lowest BCUT2D eigenvalue weighted by molar-refractivity contribution is 0.0914. The normalized spacial score (nSPS) is 16.6. The van der Waals surface area contributed by atoms with E-state index >= 15 is 0 Å². The van der Waals surface area contributed by atoms with Crippen molar-refractivity contribution in [1.82, 2.24) is 5.32 Å². The Kier molecular flexibility index (Phi) is 5.55. The molecule has 34 heavy (non-hydrogen) atoms. The summed E-state index contributed by atoms with van der Waals surface area (Å²) in [7, 11) is 0. The molecule has 1 amide bonds. The molecule has 1 aliphatic heterocycles. The molecule has 3 aromatic rings. The van der Waals surface area contributed by atoms with Crippen LogP contribution in [0.3, 0.4) is 0 Å². The number of fused-ring (bicyclic) bond motifs is 2. The van der Waals surface area contributed by atoms with Gasteiger partial charge < -0.3 is 14.5 Å². The third kappa shape index (κ3) is 3.91. The van der Waals surface area contributed by atoms with E-state index in [1.165, 1.54) is 25.3 Å². The first-order chi connectivity index (χ1) is 16.3. The summed E-state index contributed by atoms with van der Waals surface area (Å²) in [5, 5.41) is 2.85. The lowest BCUT2D eigenvalue weighted by Gasteiger charge is -2.15. The van der Waals surface area contributed by atoms with Gasteiger partial charge in [0, 0.05) is 36.0 Å². The number of nitrogens with one attached hydrogen (secondary N) is 1. The molecule has 0 unspecified atom stereocenters. The Balaban J connectivity index is 1.36. The maximum absolute atomic E-state index is 14.7. The molecule has 1 aromatic heterocycles. The summed E-state index contributed by atoms with van der Waals surface area (Å²) in [5.74, 6) is 0.0942. The van der Waals surface area contributed by atoms with E-state index in [9.17, 15) is 18.8 Å². The van der Waals surface area contributed by atoms with Crippen LogP contribution in [0.4, 0.5) is 4.39 Å². The van der Waals surface area contributed by atoms with Gasteiger partial charge in [-0.25, -0.2) is 4.39 Å². The Labute approximate surface area is 196 Å². The van der Waals surface area contributed by atoms with Crippen LogP contribution in [-0.4, -0.2) is 30.1 Å². The average molecular weight is 461 g/mol. The van der Waals surface area contributed by atoms with E-state index in [1.54, 1.807) is 6.07 Å². The predicted octanol–water partition coefficient (Wildman–Crippen LogP) is 4.85. The summed E-state index contributed by atoms with van der Waals surface area (Å²) < 4.78 is 26.3. The molecule has 2 heterocycles. The summed E-state index contributed by atoms with van der Waals surface area (Å²) in [6, 6.07) is 8.13. The molecule has 0 radical (unpaired) electrons. The van der Waals surface area contributed by atoms with Gasteiger partial charge in [0.15, 0.2) is 11.6 Å². The minimum absolute atomic E-state index is 0.0698. The van der Waals surface area contributed by atoms with Crippen LogP contribution in [-0.2, 0) is 12.8 Å². The van der Waals surface area contributed by atoms with Gasteiger partial charge in [-0.15, -0.1) is 0 Å². The van der Waals surface area contributed by atoms with Gasteiger partial charge >= 0.3 is 0 Å². The number of amides is 1. The van der Waals surface area contributed by atoms with Crippen LogP contribution in [0.25, 0.3) is 11.1 Å². The van der Waals surface area contributed by atoms with Gasteiger partial charge in [0.1, 0.15) is 29.7 Å². The van der Waals surface area contributed by atoms with Crippen molar-refractivity contribution < 1.29 is 27.9 Å². The molecule has 0 fully saturated rings. The Morgan fingerprint density at radius 3 is 2.76 bits per heavy atom. The zero-order valence-corrected chi connectivity index (χ0v) is 19.0. The standard InChI is InChI=1S/C27H24FNO5/c1-14-8-17-10-18(12-29-27(32)21-13-33-24-5-3-4-23(31)25(21)24)34-26(17)20(9-14)19-11-16(15(2)30)6-7-22(19)28/h6-9,11,13,18H,3-5,10,12H2,1-2H3,(H,29,32)/t18-/m0/s1. The summed E-state index contributed by atoms with van der Waals surface area (Å²) in [6.45, 7) is 3.58. The minimum Gasteiger partial charge on any atom is -0.487 e. The van der Waals surface area contributed by atoms with E-state index < -0.39 is 5.82 Å². The zero-order chi connectivity index (χ0) is 24.0. The Morgan fingerprint density at radius 1 is 1.15 bits per heavy atom. The maximum atomic E-state index is 14.7. The van der Waals surface area contributed by atoms with Crippen LogP contribution in [0, 0.1) is 12.7 Å². The van der Waals surface area contributed by atoms with Crippen molar-refractivity contribution >= 4 is 17.5 Å². The first kappa shape index (κ1) is 22.1. The van der Waals surface area contributed by atoms with Gasteiger partial charge in [0.05, 0.1) is 17.7 Å². The fourth-order valence-corrected chi connectivity index (χ4v) is 4.75. The van der Waals surface area contributed by atoms with Crippen molar-refractivity contribution in [3.63, 3.8) is 0 Å². The number of benzene rings is 2. The molecule has 6 nitrogen and oxygen atoms in total. The number of rotatable bonds is 5. The lowest BCUT2D eigenvalue weighted by atomic mass is 9.94. The molecule has 1 N–H and O–H groups in total. The quantitative estimate of drug-likeness (QED) is 0.549. The Morgan fingerprint density at radius 2 is 1.97 bits per heavy atom. The summed E-state index contributed by atoms with van der Waals surface area (Å²) in [4.78, 5) is 36.9. The van der Waals surface area contributed by atoms with Gasteiger partial charge in [0.25, 0.3) is 5.91 Å². The van der Waals surface area contributed by atoms with Crippen LogP contribution in [0.2, 0.25) is 0 Å². The second-order valence-electron chi connectivity index (χ2n) is 8.93. The molecule has 0 spiro atoms. The minimum atomic E-state index is -0.437. The SMILES string of the molecule is CC(=O)c1ccc(F)c(-c2cc(C)cc3c2O[C@H](CNC(=O)c2coc4c2C(=O)CCC4)C3)c1. The molecular formula is C27H24FNO5. The maximum Gasteiger partial charge on any atom is 0.255 e. The molecule has 0 saturated heterocycles. The van der Waals surface area contributed by atoms with Crippen molar-refractivity contribution in [2.75, 3.05) is 6.54 Å². The highest BCUT2D eigenvalue weighted by Gasteiger charge is 2.30. The van der Waals surface area contributed by atoms with E-state index in [0.717, 1.165) is 17.5 Å². The second-order valence-corrected chi connectivity index (χ2v) is 8.93. The van der Waals surface area contributed by atoms with Crippen molar-refractivity contribution in [1.29, 1.82) is 0 Å². The first-order valence-electron chi connectivity index (χ1n) is 11.3. The van der Waals surface area contributed by atoms with Crippen LogP contribution in [0.1, 0.15) is 67.7 Å². The van der Waals surface area contributed by atoms with E-state index in [0.29, 0.717) is 53.0 Å². The molecule has 2 aliphatic rings. The summed E-state index contributed by atoms with van der Waals surface area (Å²) in [5.41, 5.74) is 3.81. The highest BCUT2D eigenvalue weighted by Crippen LogP contribution is 2.41. The zero-order valence-electron chi connectivity index (χ0n) is 19.0. The largest absolute Gasteiger partial charge is 0.487 e. The number of carbonyl (C=O) groups is 3. The van der Waals surface area contributed by atoms with E-state index in [1.807, 2.05) is 19.1 Å². The van der Waals surface area contributed by atoms with Crippen LogP contribution < -0.4 is 10.1 Å². The number of hydrogen-bond acceptors (Lipinski definition) is 5. The van der Waals surface area contributed by atoms with E-state index in [2.05, 4.69) is 5.32 Å². The second kappa shape index (κ2) is 8.56. The Bertz CT molecular complexity index is 1340. The van der Waals surface area contributed by atoms with Crippen molar-refractivity contribution in [2.45, 2.75) is 45.6 Å². The number of furan rings is 1. The van der Waals surface area contributed by atoms with Gasteiger partial charge in [-0.2, -0.15) is 0 Å². The summed E-state index contributed by atoms with van der Waals surface area (Å²) in [6.07, 6.45) is 3.33. The molecule has 0 bridgehead atoms. The lowest BCUT2D eigenvalue weighted by Crippen LogP contribution is -2.35. The van der Waals surface area contributed by atoms with Crippen LogP contribution in [0.5, 0.6) is 5.75 Å². The number of aryl methyl sites for hydroxylation is 2. The van der Waals surface area contributed by atoms with Crippen molar-refractivity contribution in [2.24, 2.45) is 0 Å².